The number of hydrogen-bond acceptors (Lipinski definition) is 3. The van der Waals surface area contributed by atoms with E-state index in [9.17, 15) is 0 Å². The Bertz CT molecular complexity index is 342. The van der Waals surface area contributed by atoms with Crippen molar-refractivity contribution in [2.24, 2.45) is 5.73 Å². The van der Waals surface area contributed by atoms with Crippen LogP contribution < -0.4 is 10.5 Å². The molecule has 1 rings (SSSR count). The van der Waals surface area contributed by atoms with E-state index in [1.165, 1.54) is 0 Å². The van der Waals surface area contributed by atoms with Crippen LogP contribution in [0.4, 0.5) is 0 Å². The summed E-state index contributed by atoms with van der Waals surface area (Å²) >= 11 is 6.10. The van der Waals surface area contributed by atoms with E-state index in [1.54, 1.807) is 0 Å². The largest absolute Gasteiger partial charge is 0.492 e. The van der Waals surface area contributed by atoms with Crippen LogP contribution in [-0.2, 0) is 4.74 Å². The summed E-state index contributed by atoms with van der Waals surface area (Å²) in [5, 5.41) is 0.608. The van der Waals surface area contributed by atoms with E-state index in [2.05, 4.69) is 0 Å². The zero-order chi connectivity index (χ0) is 12.7. The fourth-order valence-electron chi connectivity index (χ4n) is 1.40. The average Bonchev–Trinajstić information content (AvgIpc) is 2.30. The van der Waals surface area contributed by atoms with Gasteiger partial charge in [0.25, 0.3) is 0 Å². The standard InChI is InChI=1S/C13H20ClNO2/c1-3-16-7-4-8-17-13-6-5-11(10(2)15)9-12(13)14/h5-6,9-10H,3-4,7-8,15H2,1-2H3. The normalized spacial score (nSPS) is 12.5. The molecule has 1 atom stereocenters. The van der Waals surface area contributed by atoms with Gasteiger partial charge in [-0.25, -0.2) is 0 Å². The van der Waals surface area contributed by atoms with Gasteiger partial charge in [0.2, 0.25) is 0 Å². The van der Waals surface area contributed by atoms with Gasteiger partial charge in [-0.2, -0.15) is 0 Å². The quantitative estimate of drug-likeness (QED) is 0.763. The van der Waals surface area contributed by atoms with E-state index in [4.69, 9.17) is 26.8 Å². The zero-order valence-electron chi connectivity index (χ0n) is 10.4. The summed E-state index contributed by atoms with van der Waals surface area (Å²) in [7, 11) is 0. The van der Waals surface area contributed by atoms with Crippen molar-refractivity contribution in [3.05, 3.63) is 28.8 Å². The second-order valence-corrected chi connectivity index (χ2v) is 4.28. The molecule has 0 aliphatic rings. The van der Waals surface area contributed by atoms with E-state index in [0.717, 1.165) is 18.6 Å². The minimum atomic E-state index is -0.0143. The number of ether oxygens (including phenoxy) is 2. The number of benzene rings is 1. The summed E-state index contributed by atoms with van der Waals surface area (Å²) in [4.78, 5) is 0. The summed E-state index contributed by atoms with van der Waals surface area (Å²) in [6.45, 7) is 5.96. The Hall–Kier alpha value is -0.770. The highest BCUT2D eigenvalue weighted by Crippen LogP contribution is 2.27. The van der Waals surface area contributed by atoms with Gasteiger partial charge in [0.15, 0.2) is 0 Å². The van der Waals surface area contributed by atoms with E-state index in [0.29, 0.717) is 24.0 Å². The smallest absolute Gasteiger partial charge is 0.137 e. The van der Waals surface area contributed by atoms with Crippen molar-refractivity contribution in [2.75, 3.05) is 19.8 Å². The Balaban J connectivity index is 2.43. The number of rotatable bonds is 7. The molecule has 0 bridgehead atoms. The molecule has 1 unspecified atom stereocenters. The van der Waals surface area contributed by atoms with Crippen molar-refractivity contribution < 1.29 is 9.47 Å². The SMILES string of the molecule is CCOCCCOc1ccc(C(C)N)cc1Cl. The van der Waals surface area contributed by atoms with Crippen LogP contribution in [0.1, 0.15) is 31.9 Å². The highest BCUT2D eigenvalue weighted by atomic mass is 35.5. The summed E-state index contributed by atoms with van der Waals surface area (Å²) in [5.74, 6) is 0.701. The van der Waals surface area contributed by atoms with Crippen LogP contribution in [0.5, 0.6) is 5.75 Å². The lowest BCUT2D eigenvalue weighted by Gasteiger charge is -2.11. The molecule has 0 fully saturated rings. The van der Waals surface area contributed by atoms with Gasteiger partial charge in [-0.15, -0.1) is 0 Å². The van der Waals surface area contributed by atoms with Gasteiger partial charge in [-0.3, -0.25) is 0 Å². The Morgan fingerprint density at radius 1 is 1.35 bits per heavy atom. The number of nitrogens with two attached hydrogens (primary N) is 1. The first kappa shape index (κ1) is 14.3. The van der Waals surface area contributed by atoms with E-state index in [1.807, 2.05) is 32.0 Å². The Labute approximate surface area is 108 Å². The first-order valence-corrected chi connectivity index (χ1v) is 6.28. The molecule has 2 N–H and O–H groups in total. The monoisotopic (exact) mass is 257 g/mol. The molecule has 3 nitrogen and oxygen atoms in total. The molecular formula is C13H20ClNO2. The molecule has 4 heteroatoms. The summed E-state index contributed by atoms with van der Waals surface area (Å²) in [6, 6.07) is 5.64. The topological polar surface area (TPSA) is 44.5 Å². The van der Waals surface area contributed by atoms with Gasteiger partial charge in [-0.05, 0) is 31.5 Å². The lowest BCUT2D eigenvalue weighted by atomic mass is 10.1. The molecule has 0 aliphatic carbocycles. The van der Waals surface area contributed by atoms with Gasteiger partial charge >= 0.3 is 0 Å². The van der Waals surface area contributed by atoms with Crippen molar-refractivity contribution >= 4 is 11.6 Å². The zero-order valence-corrected chi connectivity index (χ0v) is 11.2. The predicted molar refractivity (Wildman–Crippen MR) is 70.7 cm³/mol. The molecule has 96 valence electrons. The maximum atomic E-state index is 6.10. The number of hydrogen-bond donors (Lipinski definition) is 1. The molecule has 0 saturated carbocycles. The van der Waals surface area contributed by atoms with Crippen LogP contribution in [0, 0.1) is 0 Å². The van der Waals surface area contributed by atoms with Gasteiger partial charge in [-0.1, -0.05) is 17.7 Å². The molecule has 0 radical (unpaired) electrons. The minimum Gasteiger partial charge on any atom is -0.492 e. The summed E-state index contributed by atoms with van der Waals surface area (Å²) in [5.41, 5.74) is 6.78. The molecule has 0 spiro atoms. The highest BCUT2D eigenvalue weighted by Gasteiger charge is 2.05. The predicted octanol–water partition coefficient (Wildman–Crippen LogP) is 3.17. The third-order valence-electron chi connectivity index (χ3n) is 2.38. The van der Waals surface area contributed by atoms with E-state index in [-0.39, 0.29) is 6.04 Å². The van der Waals surface area contributed by atoms with Gasteiger partial charge < -0.3 is 15.2 Å². The third kappa shape index (κ3) is 4.94. The summed E-state index contributed by atoms with van der Waals surface area (Å²) in [6.07, 6.45) is 0.860. The van der Waals surface area contributed by atoms with Crippen LogP contribution in [0.15, 0.2) is 18.2 Å². The Morgan fingerprint density at radius 3 is 2.71 bits per heavy atom. The van der Waals surface area contributed by atoms with Gasteiger partial charge in [0, 0.05) is 25.7 Å². The van der Waals surface area contributed by atoms with Crippen molar-refractivity contribution in [3.63, 3.8) is 0 Å². The second kappa shape index (κ2) is 7.54. The van der Waals surface area contributed by atoms with Crippen LogP contribution in [0.2, 0.25) is 5.02 Å². The van der Waals surface area contributed by atoms with Crippen molar-refractivity contribution in [2.45, 2.75) is 26.3 Å². The first-order valence-electron chi connectivity index (χ1n) is 5.90. The third-order valence-corrected chi connectivity index (χ3v) is 2.67. The molecule has 0 saturated heterocycles. The van der Waals surface area contributed by atoms with Crippen molar-refractivity contribution in [1.82, 2.24) is 0 Å². The molecule has 0 amide bonds. The molecule has 0 aliphatic heterocycles. The van der Waals surface area contributed by atoms with E-state index >= 15 is 0 Å². The fourth-order valence-corrected chi connectivity index (χ4v) is 1.65. The van der Waals surface area contributed by atoms with Crippen LogP contribution in [0.3, 0.4) is 0 Å². The lowest BCUT2D eigenvalue weighted by molar-refractivity contribution is 0.131. The molecular weight excluding hydrogens is 238 g/mol. The highest BCUT2D eigenvalue weighted by molar-refractivity contribution is 6.32. The van der Waals surface area contributed by atoms with Gasteiger partial charge in [0.05, 0.1) is 11.6 Å². The second-order valence-electron chi connectivity index (χ2n) is 3.88. The molecule has 0 aromatic heterocycles. The lowest BCUT2D eigenvalue weighted by Crippen LogP contribution is -2.06. The number of halogens is 1. The van der Waals surface area contributed by atoms with E-state index < -0.39 is 0 Å². The molecule has 17 heavy (non-hydrogen) atoms. The van der Waals surface area contributed by atoms with Crippen molar-refractivity contribution in [3.8, 4) is 5.75 Å². The van der Waals surface area contributed by atoms with Gasteiger partial charge in [0.1, 0.15) is 5.75 Å². The minimum absolute atomic E-state index is 0.0143. The molecule has 1 aromatic carbocycles. The molecule has 1 aromatic rings. The first-order chi connectivity index (χ1) is 8.15. The van der Waals surface area contributed by atoms with Crippen molar-refractivity contribution in [1.29, 1.82) is 0 Å². The maximum Gasteiger partial charge on any atom is 0.137 e. The fraction of sp³-hybridized carbons (Fsp3) is 0.538. The maximum absolute atomic E-state index is 6.10. The Kier molecular flexibility index (Phi) is 6.34. The Morgan fingerprint density at radius 2 is 2.12 bits per heavy atom. The molecule has 0 heterocycles. The van der Waals surface area contributed by atoms with Crippen LogP contribution in [-0.4, -0.2) is 19.8 Å². The average molecular weight is 258 g/mol. The van der Waals surface area contributed by atoms with Crippen LogP contribution >= 0.6 is 11.6 Å². The summed E-state index contributed by atoms with van der Waals surface area (Å²) < 4.78 is 10.8. The van der Waals surface area contributed by atoms with Crippen LogP contribution in [0.25, 0.3) is 0 Å².